The van der Waals surface area contributed by atoms with Crippen molar-refractivity contribution >= 4 is 11.8 Å². The molecule has 0 heterocycles. The van der Waals surface area contributed by atoms with Crippen LogP contribution in [0.1, 0.15) is 21.8 Å². The zero-order valence-corrected chi connectivity index (χ0v) is 13.2. The van der Waals surface area contributed by atoms with Crippen LogP contribution in [0.3, 0.4) is 0 Å². The number of phenolic OH excluding ortho intramolecular Hbond substituents is 1. The second-order valence-corrected chi connectivity index (χ2v) is 5.21. The summed E-state index contributed by atoms with van der Waals surface area (Å²) < 4.78 is 13.7. The molecular formula is C18H16FN3O3. The number of carbonyl (C=O) groups is 2. The Labute approximate surface area is 143 Å². The van der Waals surface area contributed by atoms with E-state index in [0.717, 1.165) is 0 Å². The fourth-order valence-corrected chi connectivity index (χ4v) is 2.25. The SMILES string of the molecule is N#CCNC(=O)C(CNC(=O)c1ccccc1F)c1ccc(O)cc1. The molecular weight excluding hydrogens is 325 g/mol. The molecule has 1 unspecified atom stereocenters. The smallest absolute Gasteiger partial charge is 0.254 e. The highest BCUT2D eigenvalue weighted by Crippen LogP contribution is 2.19. The molecule has 0 saturated heterocycles. The van der Waals surface area contributed by atoms with Crippen molar-refractivity contribution in [3.8, 4) is 11.8 Å². The number of halogens is 1. The molecule has 0 saturated carbocycles. The number of phenols is 1. The summed E-state index contributed by atoms with van der Waals surface area (Å²) in [5.41, 5.74) is 0.423. The predicted molar refractivity (Wildman–Crippen MR) is 88.2 cm³/mol. The van der Waals surface area contributed by atoms with Crippen LogP contribution in [0.15, 0.2) is 48.5 Å². The largest absolute Gasteiger partial charge is 0.508 e. The van der Waals surface area contributed by atoms with E-state index in [1.165, 1.54) is 36.4 Å². The fraction of sp³-hybridized carbons (Fsp3) is 0.167. The molecule has 0 aromatic heterocycles. The highest BCUT2D eigenvalue weighted by atomic mass is 19.1. The number of amides is 2. The topological polar surface area (TPSA) is 102 Å². The van der Waals surface area contributed by atoms with Gasteiger partial charge in [0.05, 0.1) is 17.6 Å². The Morgan fingerprint density at radius 2 is 1.80 bits per heavy atom. The summed E-state index contributed by atoms with van der Waals surface area (Å²) in [6, 6.07) is 13.2. The van der Waals surface area contributed by atoms with Crippen LogP contribution < -0.4 is 10.6 Å². The van der Waals surface area contributed by atoms with Crippen LogP contribution in [-0.2, 0) is 4.79 Å². The molecule has 0 radical (unpaired) electrons. The maximum atomic E-state index is 13.7. The first-order chi connectivity index (χ1) is 12.0. The van der Waals surface area contributed by atoms with Crippen molar-refractivity contribution in [2.75, 3.05) is 13.1 Å². The predicted octanol–water partition coefficient (Wildman–Crippen LogP) is 1.68. The van der Waals surface area contributed by atoms with Gasteiger partial charge in [-0.2, -0.15) is 5.26 Å². The summed E-state index contributed by atoms with van der Waals surface area (Å²) in [6.07, 6.45) is 0. The lowest BCUT2D eigenvalue weighted by atomic mass is 9.97. The van der Waals surface area contributed by atoms with E-state index in [0.29, 0.717) is 5.56 Å². The van der Waals surface area contributed by atoms with E-state index in [4.69, 9.17) is 5.26 Å². The Bertz CT molecular complexity index is 800. The van der Waals surface area contributed by atoms with Gasteiger partial charge in [0.2, 0.25) is 5.91 Å². The quantitative estimate of drug-likeness (QED) is 0.696. The van der Waals surface area contributed by atoms with Gasteiger partial charge in [0.15, 0.2) is 0 Å². The molecule has 6 nitrogen and oxygen atoms in total. The molecule has 0 fully saturated rings. The molecule has 0 spiro atoms. The van der Waals surface area contributed by atoms with Crippen LogP contribution in [0.5, 0.6) is 5.75 Å². The number of rotatable bonds is 6. The van der Waals surface area contributed by atoms with Gasteiger partial charge < -0.3 is 15.7 Å². The summed E-state index contributed by atoms with van der Waals surface area (Å²) in [4.78, 5) is 24.4. The number of nitriles is 1. The second-order valence-electron chi connectivity index (χ2n) is 5.21. The Morgan fingerprint density at radius 1 is 1.12 bits per heavy atom. The Kier molecular flexibility index (Phi) is 6.07. The van der Waals surface area contributed by atoms with Crippen molar-refractivity contribution < 1.29 is 19.1 Å². The van der Waals surface area contributed by atoms with E-state index >= 15 is 0 Å². The average Bonchev–Trinajstić information content (AvgIpc) is 2.61. The summed E-state index contributed by atoms with van der Waals surface area (Å²) >= 11 is 0. The number of aromatic hydroxyl groups is 1. The molecule has 2 rings (SSSR count). The molecule has 7 heteroatoms. The van der Waals surface area contributed by atoms with E-state index in [1.807, 2.05) is 0 Å². The molecule has 0 aliphatic carbocycles. The normalized spacial score (nSPS) is 11.2. The Balaban J connectivity index is 2.14. The molecule has 2 aromatic rings. The van der Waals surface area contributed by atoms with Gasteiger partial charge in [-0.3, -0.25) is 9.59 Å². The van der Waals surface area contributed by atoms with Crippen LogP contribution in [0.2, 0.25) is 0 Å². The molecule has 0 aliphatic heterocycles. The highest BCUT2D eigenvalue weighted by Gasteiger charge is 2.22. The van der Waals surface area contributed by atoms with Crippen LogP contribution in [0.4, 0.5) is 4.39 Å². The molecule has 1 atom stereocenters. The van der Waals surface area contributed by atoms with Crippen LogP contribution >= 0.6 is 0 Å². The van der Waals surface area contributed by atoms with Gasteiger partial charge in [-0.15, -0.1) is 0 Å². The monoisotopic (exact) mass is 341 g/mol. The van der Waals surface area contributed by atoms with E-state index < -0.39 is 23.5 Å². The second kappa shape index (κ2) is 8.45. The van der Waals surface area contributed by atoms with Crippen LogP contribution in [0, 0.1) is 17.1 Å². The molecule has 0 bridgehead atoms. The summed E-state index contributed by atoms with van der Waals surface area (Å²) in [6.45, 7) is -0.260. The fourth-order valence-electron chi connectivity index (χ4n) is 2.25. The third-order valence-corrected chi connectivity index (χ3v) is 3.54. The van der Waals surface area contributed by atoms with Crippen molar-refractivity contribution in [3.63, 3.8) is 0 Å². The van der Waals surface area contributed by atoms with Crippen molar-refractivity contribution in [2.24, 2.45) is 0 Å². The summed E-state index contributed by atoms with van der Waals surface area (Å²) in [5, 5.41) is 22.9. The van der Waals surface area contributed by atoms with Crippen molar-refractivity contribution in [1.29, 1.82) is 5.26 Å². The summed E-state index contributed by atoms with van der Waals surface area (Å²) in [5.74, 6) is -2.51. The number of carbonyl (C=O) groups excluding carboxylic acids is 2. The number of hydrogen-bond donors (Lipinski definition) is 3. The molecule has 25 heavy (non-hydrogen) atoms. The van der Waals surface area contributed by atoms with Gasteiger partial charge in [0, 0.05) is 6.54 Å². The summed E-state index contributed by atoms with van der Waals surface area (Å²) in [7, 11) is 0. The van der Waals surface area contributed by atoms with Crippen molar-refractivity contribution in [3.05, 3.63) is 65.5 Å². The molecule has 3 N–H and O–H groups in total. The maximum Gasteiger partial charge on any atom is 0.254 e. The van der Waals surface area contributed by atoms with Crippen molar-refractivity contribution in [1.82, 2.24) is 10.6 Å². The zero-order chi connectivity index (χ0) is 18.2. The Hall–Kier alpha value is -3.40. The number of nitrogens with zero attached hydrogens (tertiary/aromatic N) is 1. The minimum absolute atomic E-state index is 0.0373. The molecule has 0 aliphatic rings. The average molecular weight is 341 g/mol. The van der Waals surface area contributed by atoms with E-state index in [2.05, 4.69) is 10.6 Å². The standard InChI is InChI=1S/C18H16FN3O3/c19-16-4-2-1-3-14(16)17(24)22-11-15(18(25)21-10-9-20)12-5-7-13(23)8-6-12/h1-8,15,23H,10-11H2,(H,21,25)(H,22,24). The van der Waals surface area contributed by atoms with Crippen molar-refractivity contribution in [2.45, 2.75) is 5.92 Å². The number of benzene rings is 2. The first-order valence-electron chi connectivity index (χ1n) is 7.49. The van der Waals surface area contributed by atoms with E-state index in [1.54, 1.807) is 18.2 Å². The minimum Gasteiger partial charge on any atom is -0.508 e. The van der Waals surface area contributed by atoms with Gasteiger partial charge in [-0.25, -0.2) is 4.39 Å². The van der Waals surface area contributed by atoms with Gasteiger partial charge >= 0.3 is 0 Å². The van der Waals surface area contributed by atoms with Crippen LogP contribution in [0.25, 0.3) is 0 Å². The molecule has 128 valence electrons. The third kappa shape index (κ3) is 4.78. The lowest BCUT2D eigenvalue weighted by molar-refractivity contribution is -0.122. The first kappa shape index (κ1) is 17.9. The lowest BCUT2D eigenvalue weighted by Gasteiger charge is -2.17. The van der Waals surface area contributed by atoms with E-state index in [-0.39, 0.29) is 24.4 Å². The third-order valence-electron chi connectivity index (χ3n) is 3.54. The molecule has 2 amide bonds. The number of hydrogen-bond acceptors (Lipinski definition) is 4. The lowest BCUT2D eigenvalue weighted by Crippen LogP contribution is -2.37. The first-order valence-corrected chi connectivity index (χ1v) is 7.49. The van der Waals surface area contributed by atoms with Gasteiger partial charge in [0.1, 0.15) is 18.1 Å². The number of nitrogens with one attached hydrogen (secondary N) is 2. The highest BCUT2D eigenvalue weighted by molar-refractivity contribution is 5.95. The van der Waals surface area contributed by atoms with Gasteiger partial charge in [-0.05, 0) is 29.8 Å². The maximum absolute atomic E-state index is 13.7. The van der Waals surface area contributed by atoms with Crippen LogP contribution in [-0.4, -0.2) is 30.0 Å². The molecule has 2 aromatic carbocycles. The Morgan fingerprint density at radius 3 is 2.44 bits per heavy atom. The zero-order valence-electron chi connectivity index (χ0n) is 13.2. The van der Waals surface area contributed by atoms with Gasteiger partial charge in [0.25, 0.3) is 5.91 Å². The van der Waals surface area contributed by atoms with E-state index in [9.17, 15) is 19.1 Å². The minimum atomic E-state index is -0.787. The van der Waals surface area contributed by atoms with Gasteiger partial charge in [-0.1, -0.05) is 24.3 Å².